The van der Waals surface area contributed by atoms with Crippen molar-refractivity contribution in [3.05, 3.63) is 44.6 Å². The van der Waals surface area contributed by atoms with Crippen LogP contribution in [0.1, 0.15) is 0 Å². The summed E-state index contributed by atoms with van der Waals surface area (Å²) < 4.78 is 1.36. The van der Waals surface area contributed by atoms with Gasteiger partial charge in [-0.15, -0.1) is 0 Å². The standard InChI is InChI=1S/C9H4N4O4S/c14-12(15)7-2-1-5-4-10-6-3-8(13(16)17)18-9(6)11(5)7/h1-4H. The summed E-state index contributed by atoms with van der Waals surface area (Å²) in [6, 6.07) is 4.21. The van der Waals surface area contributed by atoms with Crippen LogP contribution in [0.4, 0.5) is 10.8 Å². The van der Waals surface area contributed by atoms with Crippen LogP contribution < -0.4 is 0 Å². The maximum Gasteiger partial charge on any atom is 0.330 e. The second-order valence-corrected chi connectivity index (χ2v) is 4.51. The van der Waals surface area contributed by atoms with E-state index in [-0.39, 0.29) is 10.8 Å². The molecule has 3 rings (SSSR count). The van der Waals surface area contributed by atoms with Crippen molar-refractivity contribution in [1.82, 2.24) is 9.38 Å². The molecule has 8 nitrogen and oxygen atoms in total. The van der Waals surface area contributed by atoms with Gasteiger partial charge in [0.2, 0.25) is 4.83 Å². The fourth-order valence-corrected chi connectivity index (χ4v) is 2.69. The Morgan fingerprint density at radius 2 is 2.00 bits per heavy atom. The van der Waals surface area contributed by atoms with Crippen LogP contribution in [0.15, 0.2) is 24.4 Å². The van der Waals surface area contributed by atoms with Crippen molar-refractivity contribution in [1.29, 1.82) is 0 Å². The molecule has 0 spiro atoms. The molecule has 0 aliphatic rings. The second kappa shape index (κ2) is 3.47. The Morgan fingerprint density at radius 3 is 2.67 bits per heavy atom. The number of aromatic nitrogens is 2. The van der Waals surface area contributed by atoms with Gasteiger partial charge in [-0.2, -0.15) is 4.40 Å². The zero-order valence-corrected chi connectivity index (χ0v) is 9.46. The summed E-state index contributed by atoms with van der Waals surface area (Å²) in [7, 11) is 0. The lowest BCUT2D eigenvalue weighted by Gasteiger charge is -1.94. The van der Waals surface area contributed by atoms with Gasteiger partial charge < -0.3 is 10.1 Å². The van der Waals surface area contributed by atoms with Gasteiger partial charge in [-0.25, -0.2) is 4.98 Å². The zero-order chi connectivity index (χ0) is 12.9. The van der Waals surface area contributed by atoms with Gasteiger partial charge in [-0.1, -0.05) is 0 Å². The molecular formula is C9H4N4O4S. The normalized spacial score (nSPS) is 11.1. The molecule has 0 aliphatic carbocycles. The number of hydrogen-bond donors (Lipinski definition) is 0. The van der Waals surface area contributed by atoms with Crippen molar-refractivity contribution in [3.63, 3.8) is 0 Å². The van der Waals surface area contributed by atoms with Crippen LogP contribution in [0.2, 0.25) is 0 Å². The summed E-state index contributed by atoms with van der Waals surface area (Å²) in [5.74, 6) is -0.130. The van der Waals surface area contributed by atoms with Crippen LogP contribution >= 0.6 is 11.3 Å². The van der Waals surface area contributed by atoms with Gasteiger partial charge in [0, 0.05) is 6.07 Å². The molecule has 0 fully saturated rings. The molecule has 0 amide bonds. The second-order valence-electron chi connectivity index (χ2n) is 3.50. The molecule has 0 aromatic carbocycles. The lowest BCUT2D eigenvalue weighted by atomic mass is 10.5. The van der Waals surface area contributed by atoms with E-state index >= 15 is 0 Å². The average Bonchev–Trinajstić information content (AvgIpc) is 2.91. The summed E-state index contributed by atoms with van der Waals surface area (Å²) >= 11 is 0.868. The Labute approximate surface area is 102 Å². The number of hydrogen-bond acceptors (Lipinski definition) is 6. The molecule has 0 aliphatic heterocycles. The Morgan fingerprint density at radius 1 is 1.22 bits per heavy atom. The summed E-state index contributed by atoms with van der Waals surface area (Å²) in [6.45, 7) is 0. The maximum atomic E-state index is 10.9. The zero-order valence-electron chi connectivity index (χ0n) is 8.64. The van der Waals surface area contributed by atoms with E-state index in [9.17, 15) is 20.2 Å². The quantitative estimate of drug-likeness (QED) is 0.522. The van der Waals surface area contributed by atoms with E-state index in [1.54, 1.807) is 6.07 Å². The fourth-order valence-electron chi connectivity index (χ4n) is 1.74. The highest BCUT2D eigenvalue weighted by molar-refractivity contribution is 7.21. The number of rotatable bonds is 2. The van der Waals surface area contributed by atoms with Gasteiger partial charge in [0.15, 0.2) is 5.52 Å². The van der Waals surface area contributed by atoms with Crippen molar-refractivity contribution in [3.8, 4) is 0 Å². The first kappa shape index (κ1) is 10.6. The summed E-state index contributed by atoms with van der Waals surface area (Å²) in [4.78, 5) is 25.0. The van der Waals surface area contributed by atoms with Gasteiger partial charge in [0.05, 0.1) is 17.2 Å². The van der Waals surface area contributed by atoms with Crippen LogP contribution in [0.3, 0.4) is 0 Å². The van der Waals surface area contributed by atoms with E-state index in [1.165, 1.54) is 22.7 Å². The monoisotopic (exact) mass is 264 g/mol. The Kier molecular flexibility index (Phi) is 2.04. The highest BCUT2D eigenvalue weighted by Crippen LogP contribution is 2.33. The van der Waals surface area contributed by atoms with E-state index in [1.807, 2.05) is 0 Å². The summed E-state index contributed by atoms with van der Waals surface area (Å²) in [5, 5.41) is 21.5. The van der Waals surface area contributed by atoms with E-state index in [0.29, 0.717) is 15.9 Å². The highest BCUT2D eigenvalue weighted by Gasteiger charge is 2.21. The van der Waals surface area contributed by atoms with E-state index < -0.39 is 9.85 Å². The van der Waals surface area contributed by atoms with Crippen LogP contribution in [-0.2, 0) is 0 Å². The molecule has 0 radical (unpaired) electrons. The third-order valence-corrected chi connectivity index (χ3v) is 3.54. The smallest absolute Gasteiger partial charge is 0.330 e. The molecule has 3 heterocycles. The van der Waals surface area contributed by atoms with Crippen molar-refractivity contribution in [2.24, 2.45) is 0 Å². The SMILES string of the molecule is O=[N+]([O-])c1cc2ncc3ccc([N+](=O)[O-])n3c2s1. The van der Waals surface area contributed by atoms with Crippen LogP contribution in [-0.4, -0.2) is 19.2 Å². The predicted octanol–water partition coefficient (Wildman–Crippen LogP) is 2.37. The van der Waals surface area contributed by atoms with Gasteiger partial charge in [0.1, 0.15) is 5.52 Å². The van der Waals surface area contributed by atoms with Crippen LogP contribution in [0.25, 0.3) is 15.9 Å². The summed E-state index contributed by atoms with van der Waals surface area (Å²) in [6.07, 6.45) is 1.45. The number of thiophene rings is 1. The largest absolute Gasteiger partial charge is 0.358 e. The number of fused-ring (bicyclic) bond motifs is 3. The molecule has 0 saturated carbocycles. The van der Waals surface area contributed by atoms with E-state index in [2.05, 4.69) is 4.98 Å². The minimum Gasteiger partial charge on any atom is -0.358 e. The Hall–Kier alpha value is -2.55. The lowest BCUT2D eigenvalue weighted by molar-refractivity contribution is -0.389. The lowest BCUT2D eigenvalue weighted by Crippen LogP contribution is -1.94. The first-order valence-electron chi connectivity index (χ1n) is 4.77. The van der Waals surface area contributed by atoms with Crippen molar-refractivity contribution in [2.45, 2.75) is 0 Å². The highest BCUT2D eigenvalue weighted by atomic mass is 32.1. The molecule has 90 valence electrons. The molecule has 0 N–H and O–H groups in total. The van der Waals surface area contributed by atoms with Crippen LogP contribution in [0.5, 0.6) is 0 Å². The molecule has 0 atom stereocenters. The fraction of sp³-hybridized carbons (Fsp3) is 0. The summed E-state index contributed by atoms with van der Waals surface area (Å²) in [5.41, 5.74) is 0.907. The molecule has 0 bridgehead atoms. The minimum absolute atomic E-state index is 0.0898. The van der Waals surface area contributed by atoms with Crippen LogP contribution in [0, 0.1) is 20.2 Å². The number of nitro groups is 2. The predicted molar refractivity (Wildman–Crippen MR) is 63.9 cm³/mol. The van der Waals surface area contributed by atoms with Gasteiger partial charge in [-0.05, 0) is 22.3 Å². The molecule has 0 saturated heterocycles. The first-order valence-corrected chi connectivity index (χ1v) is 5.58. The molecule has 9 heteroatoms. The minimum atomic E-state index is -0.534. The van der Waals surface area contributed by atoms with Crippen molar-refractivity contribution in [2.75, 3.05) is 0 Å². The topological polar surface area (TPSA) is 104 Å². The third kappa shape index (κ3) is 1.34. The Bertz CT molecular complexity index is 805. The molecule has 3 aromatic rings. The first-order chi connectivity index (χ1) is 8.58. The van der Waals surface area contributed by atoms with Gasteiger partial charge in [-0.3, -0.25) is 10.1 Å². The van der Waals surface area contributed by atoms with E-state index in [4.69, 9.17) is 0 Å². The third-order valence-electron chi connectivity index (χ3n) is 2.48. The van der Waals surface area contributed by atoms with Gasteiger partial charge in [0.25, 0.3) is 0 Å². The molecule has 18 heavy (non-hydrogen) atoms. The van der Waals surface area contributed by atoms with E-state index in [0.717, 1.165) is 11.3 Å². The van der Waals surface area contributed by atoms with Crippen molar-refractivity contribution < 1.29 is 9.85 Å². The molecular weight excluding hydrogens is 260 g/mol. The van der Waals surface area contributed by atoms with Gasteiger partial charge >= 0.3 is 10.8 Å². The molecule has 3 aromatic heterocycles. The maximum absolute atomic E-state index is 10.9. The average molecular weight is 264 g/mol. The molecule has 0 unspecified atom stereocenters. The number of nitrogens with zero attached hydrogens (tertiary/aromatic N) is 4. The van der Waals surface area contributed by atoms with Crippen molar-refractivity contribution >= 4 is 38.0 Å². The Balaban J connectivity index is 2.46.